The average Bonchev–Trinajstić information content (AvgIpc) is 2.78. The van der Waals surface area contributed by atoms with Crippen molar-refractivity contribution in [1.82, 2.24) is 20.2 Å². The molecule has 2 aromatic rings. The molecule has 1 aliphatic rings. The third-order valence-electron chi connectivity index (χ3n) is 3.14. The van der Waals surface area contributed by atoms with Crippen LogP contribution in [0, 0.1) is 6.92 Å². The summed E-state index contributed by atoms with van der Waals surface area (Å²) < 4.78 is 0. The Kier molecular flexibility index (Phi) is 2.51. The Balaban J connectivity index is 1.84. The lowest BCUT2D eigenvalue weighted by Crippen LogP contribution is -2.18. The van der Waals surface area contributed by atoms with Gasteiger partial charge in [-0.15, -0.1) is 0 Å². The summed E-state index contributed by atoms with van der Waals surface area (Å²) in [6.07, 6.45) is 7.07. The van der Waals surface area contributed by atoms with E-state index >= 15 is 0 Å². The van der Waals surface area contributed by atoms with Crippen molar-refractivity contribution in [2.45, 2.75) is 32.2 Å². The van der Waals surface area contributed by atoms with Gasteiger partial charge in [0.2, 0.25) is 5.95 Å². The first kappa shape index (κ1) is 10.3. The molecule has 0 aliphatic heterocycles. The minimum absolute atomic E-state index is 0.253. The molecule has 1 aliphatic carbocycles. The second-order valence-electron chi connectivity index (χ2n) is 4.42. The zero-order valence-corrected chi connectivity index (χ0v) is 9.77. The fraction of sp³-hybridized carbons (Fsp3) is 0.417. The highest BCUT2D eigenvalue weighted by Crippen LogP contribution is 2.29. The molecule has 0 spiro atoms. The Hall–Kier alpha value is -1.91. The van der Waals surface area contributed by atoms with E-state index in [-0.39, 0.29) is 6.04 Å². The van der Waals surface area contributed by atoms with Gasteiger partial charge in [0, 0.05) is 11.9 Å². The quantitative estimate of drug-likeness (QED) is 0.826. The molecule has 2 aromatic heterocycles. The third-order valence-corrected chi connectivity index (χ3v) is 3.14. The number of aromatic amines is 1. The molecule has 0 amide bonds. The average molecular weight is 229 g/mol. The molecule has 0 fully saturated rings. The molecule has 5 nitrogen and oxygen atoms in total. The van der Waals surface area contributed by atoms with Gasteiger partial charge in [0.05, 0.1) is 17.9 Å². The van der Waals surface area contributed by atoms with Crippen LogP contribution < -0.4 is 5.32 Å². The molecule has 0 bridgehead atoms. The summed E-state index contributed by atoms with van der Waals surface area (Å²) in [5.41, 5.74) is 3.46. The van der Waals surface area contributed by atoms with Crippen LogP contribution in [0.1, 0.15) is 35.8 Å². The molecule has 5 heteroatoms. The lowest BCUT2D eigenvalue weighted by Gasteiger charge is -2.22. The van der Waals surface area contributed by atoms with E-state index in [2.05, 4.69) is 25.5 Å². The van der Waals surface area contributed by atoms with Gasteiger partial charge in [-0.1, -0.05) is 0 Å². The van der Waals surface area contributed by atoms with Gasteiger partial charge in [-0.3, -0.25) is 5.10 Å². The molecule has 0 aromatic carbocycles. The van der Waals surface area contributed by atoms with Crippen molar-refractivity contribution < 1.29 is 0 Å². The van der Waals surface area contributed by atoms with Gasteiger partial charge in [0.1, 0.15) is 0 Å². The molecule has 2 N–H and O–H groups in total. The van der Waals surface area contributed by atoms with Gasteiger partial charge >= 0.3 is 0 Å². The number of aryl methyl sites for hydroxylation is 2. The molecular formula is C12H15N5. The van der Waals surface area contributed by atoms with Gasteiger partial charge in [0.15, 0.2) is 0 Å². The zero-order valence-electron chi connectivity index (χ0n) is 9.77. The first-order valence-corrected chi connectivity index (χ1v) is 5.91. The van der Waals surface area contributed by atoms with Gasteiger partial charge in [-0.05, 0) is 37.8 Å². The minimum atomic E-state index is 0.253. The lowest BCUT2D eigenvalue weighted by atomic mass is 9.94. The summed E-state index contributed by atoms with van der Waals surface area (Å²) in [5, 5.41) is 10.6. The number of nitrogens with zero attached hydrogens (tertiary/aromatic N) is 3. The molecule has 1 atom stereocenters. The maximum atomic E-state index is 4.37. The Bertz CT molecular complexity index is 519. The molecule has 0 saturated heterocycles. The van der Waals surface area contributed by atoms with Gasteiger partial charge in [-0.2, -0.15) is 5.10 Å². The van der Waals surface area contributed by atoms with Crippen LogP contribution in [0.15, 0.2) is 18.5 Å². The van der Waals surface area contributed by atoms with Crippen LogP contribution in [0.2, 0.25) is 0 Å². The highest BCUT2D eigenvalue weighted by atomic mass is 15.2. The van der Waals surface area contributed by atoms with Crippen LogP contribution in [-0.4, -0.2) is 20.2 Å². The highest BCUT2D eigenvalue weighted by molar-refractivity contribution is 5.33. The summed E-state index contributed by atoms with van der Waals surface area (Å²) in [5.74, 6) is 0.692. The van der Waals surface area contributed by atoms with Crippen molar-refractivity contribution >= 4 is 5.95 Å². The Labute approximate surface area is 99.7 Å². The molecule has 88 valence electrons. The first-order chi connectivity index (χ1) is 8.33. The number of anilines is 1. The van der Waals surface area contributed by atoms with Crippen LogP contribution >= 0.6 is 0 Å². The van der Waals surface area contributed by atoms with Crippen LogP contribution in [-0.2, 0) is 6.42 Å². The van der Waals surface area contributed by atoms with E-state index in [4.69, 9.17) is 0 Å². The fourth-order valence-electron chi connectivity index (χ4n) is 2.28. The summed E-state index contributed by atoms with van der Waals surface area (Å²) >= 11 is 0. The number of H-pyrrole nitrogens is 1. The molecule has 0 unspecified atom stereocenters. The zero-order chi connectivity index (χ0) is 11.7. The number of nitrogens with one attached hydrogen (secondary N) is 2. The van der Waals surface area contributed by atoms with E-state index in [9.17, 15) is 0 Å². The summed E-state index contributed by atoms with van der Waals surface area (Å²) in [6, 6.07) is 2.15. The summed E-state index contributed by atoms with van der Waals surface area (Å²) in [6.45, 7) is 1.97. The molecule has 17 heavy (non-hydrogen) atoms. The van der Waals surface area contributed by atoms with Crippen molar-refractivity contribution in [3.05, 3.63) is 35.4 Å². The van der Waals surface area contributed by atoms with Crippen LogP contribution in [0.5, 0.6) is 0 Å². The van der Waals surface area contributed by atoms with Gasteiger partial charge in [0.25, 0.3) is 0 Å². The van der Waals surface area contributed by atoms with Crippen LogP contribution in [0.3, 0.4) is 0 Å². The first-order valence-electron chi connectivity index (χ1n) is 5.91. The monoisotopic (exact) mass is 229 g/mol. The fourth-order valence-corrected chi connectivity index (χ4v) is 2.28. The minimum Gasteiger partial charge on any atom is -0.346 e. The predicted molar refractivity (Wildman–Crippen MR) is 64.7 cm³/mol. The number of hydrogen-bond donors (Lipinski definition) is 2. The number of fused-ring (bicyclic) bond motifs is 1. The van der Waals surface area contributed by atoms with E-state index < -0.39 is 0 Å². The number of hydrogen-bond acceptors (Lipinski definition) is 4. The maximum absolute atomic E-state index is 4.37. The van der Waals surface area contributed by atoms with E-state index in [1.165, 1.54) is 17.7 Å². The van der Waals surface area contributed by atoms with Gasteiger partial charge in [-0.25, -0.2) is 9.97 Å². The molecular weight excluding hydrogens is 214 g/mol. The molecule has 0 saturated carbocycles. The predicted octanol–water partition coefficient (Wildman–Crippen LogP) is 2.00. The Morgan fingerprint density at radius 1 is 1.47 bits per heavy atom. The molecule has 2 heterocycles. The Morgan fingerprint density at radius 2 is 2.41 bits per heavy atom. The van der Waals surface area contributed by atoms with E-state index in [1.54, 1.807) is 6.20 Å². The number of aromatic nitrogens is 4. The SMILES string of the molecule is Cc1ccnc(N[C@@H]2CCCc3cn[nH]c32)n1. The molecule has 3 rings (SSSR count). The number of rotatable bonds is 2. The van der Waals surface area contributed by atoms with Crippen LogP contribution in [0.4, 0.5) is 5.95 Å². The highest BCUT2D eigenvalue weighted by Gasteiger charge is 2.22. The normalized spacial score (nSPS) is 18.8. The van der Waals surface area contributed by atoms with Crippen molar-refractivity contribution in [3.63, 3.8) is 0 Å². The smallest absolute Gasteiger partial charge is 0.223 e. The van der Waals surface area contributed by atoms with Crippen LogP contribution in [0.25, 0.3) is 0 Å². The maximum Gasteiger partial charge on any atom is 0.223 e. The van der Waals surface area contributed by atoms with Gasteiger partial charge < -0.3 is 5.32 Å². The largest absolute Gasteiger partial charge is 0.346 e. The Morgan fingerprint density at radius 3 is 3.29 bits per heavy atom. The topological polar surface area (TPSA) is 66.5 Å². The van der Waals surface area contributed by atoms with Crippen molar-refractivity contribution in [3.8, 4) is 0 Å². The van der Waals surface area contributed by atoms with E-state index in [0.29, 0.717) is 5.95 Å². The van der Waals surface area contributed by atoms with E-state index in [0.717, 1.165) is 18.5 Å². The van der Waals surface area contributed by atoms with E-state index in [1.807, 2.05) is 19.2 Å². The second-order valence-corrected chi connectivity index (χ2v) is 4.42. The second kappa shape index (κ2) is 4.16. The van der Waals surface area contributed by atoms with Crippen molar-refractivity contribution in [2.75, 3.05) is 5.32 Å². The standard InChI is InChI=1S/C12H15N5/c1-8-5-6-13-12(15-8)16-10-4-2-3-9-7-14-17-11(9)10/h5-7,10H,2-4H2,1H3,(H,14,17)(H,13,15,16)/t10-/m1/s1. The lowest BCUT2D eigenvalue weighted by molar-refractivity contribution is 0.584. The third kappa shape index (κ3) is 2.00. The summed E-state index contributed by atoms with van der Waals surface area (Å²) in [4.78, 5) is 8.60. The summed E-state index contributed by atoms with van der Waals surface area (Å²) in [7, 11) is 0. The van der Waals surface area contributed by atoms with Crippen molar-refractivity contribution in [1.29, 1.82) is 0 Å². The molecule has 0 radical (unpaired) electrons. The van der Waals surface area contributed by atoms with Crippen molar-refractivity contribution in [2.24, 2.45) is 0 Å².